The third-order valence-corrected chi connectivity index (χ3v) is 3.11. The first-order valence-corrected chi connectivity index (χ1v) is 7.36. The molecule has 1 fully saturated rings. The fourth-order valence-electron chi connectivity index (χ4n) is 1.97. The SMILES string of the molecule is CN=C(NCCCCC(C)C)NCC1COCCO1. The molecular formula is C14H29N3O2. The summed E-state index contributed by atoms with van der Waals surface area (Å²) >= 11 is 0. The van der Waals surface area contributed by atoms with Crippen molar-refractivity contribution in [3.8, 4) is 0 Å². The highest BCUT2D eigenvalue weighted by atomic mass is 16.6. The van der Waals surface area contributed by atoms with E-state index in [4.69, 9.17) is 9.47 Å². The van der Waals surface area contributed by atoms with E-state index in [0.29, 0.717) is 19.8 Å². The second-order valence-corrected chi connectivity index (χ2v) is 5.34. The van der Waals surface area contributed by atoms with E-state index in [9.17, 15) is 0 Å². The second-order valence-electron chi connectivity index (χ2n) is 5.34. The van der Waals surface area contributed by atoms with E-state index in [1.165, 1.54) is 19.3 Å². The molecule has 5 heteroatoms. The van der Waals surface area contributed by atoms with Crippen molar-refractivity contribution in [1.29, 1.82) is 0 Å². The summed E-state index contributed by atoms with van der Waals surface area (Å²) in [5, 5.41) is 6.60. The van der Waals surface area contributed by atoms with Crippen LogP contribution >= 0.6 is 0 Å². The summed E-state index contributed by atoms with van der Waals surface area (Å²) in [4.78, 5) is 4.20. The van der Waals surface area contributed by atoms with E-state index in [1.807, 2.05) is 0 Å². The standard InChI is InChI=1S/C14H29N3O2/c1-12(2)6-4-5-7-16-14(15-3)17-10-13-11-18-8-9-19-13/h12-13H,4-11H2,1-3H3,(H2,15,16,17). The summed E-state index contributed by atoms with van der Waals surface area (Å²) in [6.07, 6.45) is 3.87. The van der Waals surface area contributed by atoms with E-state index in [1.54, 1.807) is 7.05 Å². The van der Waals surface area contributed by atoms with E-state index in [0.717, 1.165) is 25.0 Å². The van der Waals surface area contributed by atoms with Crippen LogP contribution in [0.5, 0.6) is 0 Å². The van der Waals surface area contributed by atoms with Crippen LogP contribution < -0.4 is 10.6 Å². The molecule has 0 spiro atoms. The van der Waals surface area contributed by atoms with Gasteiger partial charge in [0.1, 0.15) is 0 Å². The molecular weight excluding hydrogens is 242 g/mol. The Morgan fingerprint density at radius 1 is 1.26 bits per heavy atom. The fourth-order valence-corrected chi connectivity index (χ4v) is 1.97. The summed E-state index contributed by atoms with van der Waals surface area (Å²) in [6, 6.07) is 0. The van der Waals surface area contributed by atoms with Crippen LogP contribution in [0.3, 0.4) is 0 Å². The number of nitrogens with zero attached hydrogens (tertiary/aromatic N) is 1. The molecule has 1 aliphatic heterocycles. The van der Waals surface area contributed by atoms with Crippen molar-refractivity contribution in [3.63, 3.8) is 0 Å². The quantitative estimate of drug-likeness (QED) is 0.417. The summed E-state index contributed by atoms with van der Waals surface area (Å²) in [6.45, 7) is 8.30. The van der Waals surface area contributed by atoms with Gasteiger partial charge in [-0.15, -0.1) is 0 Å². The molecule has 0 aromatic rings. The lowest BCUT2D eigenvalue weighted by Crippen LogP contribution is -2.44. The number of hydrogen-bond acceptors (Lipinski definition) is 3. The molecule has 112 valence electrons. The van der Waals surface area contributed by atoms with Crippen molar-refractivity contribution in [2.75, 3.05) is 40.0 Å². The van der Waals surface area contributed by atoms with E-state index < -0.39 is 0 Å². The number of guanidine groups is 1. The maximum absolute atomic E-state index is 5.57. The Kier molecular flexibility index (Phi) is 8.58. The van der Waals surface area contributed by atoms with Gasteiger partial charge in [0, 0.05) is 20.1 Å². The molecule has 1 aliphatic rings. The predicted octanol–water partition coefficient (Wildman–Crippen LogP) is 1.39. The van der Waals surface area contributed by atoms with Gasteiger partial charge in [-0.25, -0.2) is 0 Å². The molecule has 0 saturated carbocycles. The van der Waals surface area contributed by atoms with E-state index in [-0.39, 0.29) is 6.10 Å². The van der Waals surface area contributed by atoms with Crippen molar-refractivity contribution < 1.29 is 9.47 Å². The lowest BCUT2D eigenvalue weighted by Gasteiger charge is -2.24. The number of aliphatic imine (C=N–C) groups is 1. The zero-order valence-electron chi connectivity index (χ0n) is 12.6. The third-order valence-electron chi connectivity index (χ3n) is 3.11. The molecule has 0 amide bonds. The Morgan fingerprint density at radius 2 is 2.11 bits per heavy atom. The molecule has 1 rings (SSSR count). The minimum Gasteiger partial charge on any atom is -0.376 e. The highest BCUT2D eigenvalue weighted by Crippen LogP contribution is 2.05. The molecule has 5 nitrogen and oxygen atoms in total. The van der Waals surface area contributed by atoms with Gasteiger partial charge in [0.25, 0.3) is 0 Å². The molecule has 19 heavy (non-hydrogen) atoms. The molecule has 1 heterocycles. The summed E-state index contributed by atoms with van der Waals surface area (Å²) in [5.41, 5.74) is 0. The normalized spacial score (nSPS) is 20.6. The van der Waals surface area contributed by atoms with Gasteiger partial charge in [0.05, 0.1) is 25.9 Å². The van der Waals surface area contributed by atoms with Gasteiger partial charge in [0.2, 0.25) is 0 Å². The number of unbranched alkanes of at least 4 members (excludes halogenated alkanes) is 1. The number of nitrogens with one attached hydrogen (secondary N) is 2. The first-order valence-electron chi connectivity index (χ1n) is 7.36. The van der Waals surface area contributed by atoms with Crippen molar-refractivity contribution in [1.82, 2.24) is 10.6 Å². The van der Waals surface area contributed by atoms with Gasteiger partial charge in [-0.2, -0.15) is 0 Å². The van der Waals surface area contributed by atoms with Gasteiger partial charge in [0.15, 0.2) is 5.96 Å². The molecule has 1 unspecified atom stereocenters. The molecule has 0 aromatic carbocycles. The highest BCUT2D eigenvalue weighted by Gasteiger charge is 2.14. The number of rotatable bonds is 7. The van der Waals surface area contributed by atoms with Crippen LogP contribution in [0, 0.1) is 5.92 Å². The second kappa shape index (κ2) is 10.0. The largest absolute Gasteiger partial charge is 0.376 e. The molecule has 2 N–H and O–H groups in total. The van der Waals surface area contributed by atoms with Crippen LogP contribution in [0.4, 0.5) is 0 Å². The highest BCUT2D eigenvalue weighted by molar-refractivity contribution is 5.79. The van der Waals surface area contributed by atoms with Gasteiger partial charge in [-0.3, -0.25) is 4.99 Å². The minimum absolute atomic E-state index is 0.133. The van der Waals surface area contributed by atoms with Crippen LogP contribution in [0.1, 0.15) is 33.1 Å². The van der Waals surface area contributed by atoms with Crippen molar-refractivity contribution in [2.24, 2.45) is 10.9 Å². The maximum Gasteiger partial charge on any atom is 0.191 e. The summed E-state index contributed by atoms with van der Waals surface area (Å²) in [5.74, 6) is 1.64. The summed E-state index contributed by atoms with van der Waals surface area (Å²) < 4.78 is 10.9. The van der Waals surface area contributed by atoms with E-state index >= 15 is 0 Å². The smallest absolute Gasteiger partial charge is 0.191 e. The third kappa shape index (κ3) is 8.06. The lowest BCUT2D eigenvalue weighted by atomic mass is 10.1. The van der Waals surface area contributed by atoms with Crippen molar-refractivity contribution >= 4 is 5.96 Å². The Morgan fingerprint density at radius 3 is 2.74 bits per heavy atom. The topological polar surface area (TPSA) is 54.9 Å². The number of hydrogen-bond donors (Lipinski definition) is 2. The van der Waals surface area contributed by atoms with Crippen molar-refractivity contribution in [2.45, 2.75) is 39.2 Å². The Balaban J connectivity index is 2.05. The van der Waals surface area contributed by atoms with Crippen LogP contribution in [0.2, 0.25) is 0 Å². The van der Waals surface area contributed by atoms with Crippen LogP contribution in [0.25, 0.3) is 0 Å². The Bertz CT molecular complexity index is 251. The van der Waals surface area contributed by atoms with Crippen molar-refractivity contribution in [3.05, 3.63) is 0 Å². The van der Waals surface area contributed by atoms with E-state index in [2.05, 4.69) is 29.5 Å². The van der Waals surface area contributed by atoms with Gasteiger partial charge < -0.3 is 20.1 Å². The first kappa shape index (κ1) is 16.2. The minimum atomic E-state index is 0.133. The first-order chi connectivity index (χ1) is 9.22. The monoisotopic (exact) mass is 271 g/mol. The van der Waals surface area contributed by atoms with Crippen LogP contribution in [-0.2, 0) is 9.47 Å². The predicted molar refractivity (Wildman–Crippen MR) is 78.6 cm³/mol. The zero-order valence-corrected chi connectivity index (χ0v) is 12.6. The molecule has 1 atom stereocenters. The molecule has 0 bridgehead atoms. The maximum atomic E-state index is 5.57. The van der Waals surface area contributed by atoms with Gasteiger partial charge >= 0.3 is 0 Å². The molecule has 0 radical (unpaired) electrons. The average Bonchev–Trinajstić information content (AvgIpc) is 2.42. The van der Waals surface area contributed by atoms with Crippen LogP contribution in [-0.4, -0.2) is 52.0 Å². The van der Waals surface area contributed by atoms with Gasteiger partial charge in [-0.1, -0.05) is 26.7 Å². The Hall–Kier alpha value is -0.810. The van der Waals surface area contributed by atoms with Gasteiger partial charge in [-0.05, 0) is 12.3 Å². The summed E-state index contributed by atoms with van der Waals surface area (Å²) in [7, 11) is 1.79. The average molecular weight is 271 g/mol. The molecule has 1 saturated heterocycles. The molecule has 0 aromatic heterocycles. The zero-order chi connectivity index (χ0) is 13.9. The number of ether oxygens (including phenoxy) is 2. The fraction of sp³-hybridized carbons (Fsp3) is 0.929. The van der Waals surface area contributed by atoms with Crippen LogP contribution in [0.15, 0.2) is 4.99 Å². The molecule has 0 aliphatic carbocycles. The lowest BCUT2D eigenvalue weighted by molar-refractivity contribution is -0.0850. The Labute approximate surface area is 117 Å².